The zero-order valence-corrected chi connectivity index (χ0v) is 20.4. The van der Waals surface area contributed by atoms with Gasteiger partial charge in [0.15, 0.2) is 5.65 Å². The zero-order valence-electron chi connectivity index (χ0n) is 20.4. The summed E-state index contributed by atoms with van der Waals surface area (Å²) in [6, 6.07) is 7.18. The lowest BCUT2D eigenvalue weighted by atomic mass is 9.95. The molecule has 1 amide bonds. The standard InChI is InChI=1S/C24H30F3N5O3/c1-23(2,3)22(33)29-18-14-16(6-7-17(18)24(25,26)27)19-15-32-20(28-19)8-9-21(30-32)31(10-12-34-4)11-13-35-5/h6-9,14-15H,10-13H2,1-5H3,(H,29,33). The molecule has 0 saturated heterocycles. The number of carbonyl (C=O) groups is 1. The van der Waals surface area contributed by atoms with Gasteiger partial charge in [0.2, 0.25) is 5.91 Å². The van der Waals surface area contributed by atoms with Gasteiger partial charge in [-0.3, -0.25) is 4.79 Å². The maximum absolute atomic E-state index is 13.6. The Morgan fingerprint density at radius 2 is 1.71 bits per heavy atom. The van der Waals surface area contributed by atoms with Gasteiger partial charge in [-0.2, -0.15) is 13.2 Å². The number of alkyl halides is 3. The van der Waals surface area contributed by atoms with Crippen molar-refractivity contribution in [3.05, 3.63) is 42.1 Å². The molecule has 3 aromatic rings. The summed E-state index contributed by atoms with van der Waals surface area (Å²) in [7, 11) is 3.24. The molecule has 35 heavy (non-hydrogen) atoms. The number of aromatic nitrogens is 3. The smallest absolute Gasteiger partial charge is 0.383 e. The van der Waals surface area contributed by atoms with Gasteiger partial charge >= 0.3 is 6.18 Å². The van der Waals surface area contributed by atoms with Crippen LogP contribution in [0.1, 0.15) is 26.3 Å². The number of nitrogens with one attached hydrogen (secondary N) is 1. The normalized spacial score (nSPS) is 12.2. The van der Waals surface area contributed by atoms with Crippen LogP contribution in [0, 0.1) is 5.41 Å². The Balaban J connectivity index is 1.98. The number of ether oxygens (including phenoxy) is 2. The predicted octanol–water partition coefficient (Wildman–Crippen LogP) is 4.50. The summed E-state index contributed by atoms with van der Waals surface area (Å²) >= 11 is 0. The van der Waals surface area contributed by atoms with Crippen molar-refractivity contribution in [3.8, 4) is 11.3 Å². The molecule has 11 heteroatoms. The van der Waals surface area contributed by atoms with E-state index in [2.05, 4.69) is 15.4 Å². The van der Waals surface area contributed by atoms with Crippen LogP contribution >= 0.6 is 0 Å². The second kappa shape index (κ2) is 10.6. The minimum Gasteiger partial charge on any atom is -0.383 e. The first-order valence-corrected chi connectivity index (χ1v) is 11.1. The van der Waals surface area contributed by atoms with Crippen molar-refractivity contribution in [3.63, 3.8) is 0 Å². The number of imidazole rings is 1. The minimum atomic E-state index is -4.62. The van der Waals surface area contributed by atoms with Crippen molar-refractivity contribution < 1.29 is 27.4 Å². The van der Waals surface area contributed by atoms with Crippen LogP contribution in [0.5, 0.6) is 0 Å². The number of amides is 1. The molecular formula is C24H30F3N5O3. The number of rotatable bonds is 9. The molecule has 0 saturated carbocycles. The topological polar surface area (TPSA) is 81.0 Å². The van der Waals surface area contributed by atoms with Crippen LogP contribution in [0.15, 0.2) is 36.5 Å². The van der Waals surface area contributed by atoms with E-state index in [0.29, 0.717) is 49.0 Å². The van der Waals surface area contributed by atoms with Crippen molar-refractivity contribution in [1.29, 1.82) is 0 Å². The van der Waals surface area contributed by atoms with E-state index in [1.54, 1.807) is 51.8 Å². The number of methoxy groups -OCH3 is 2. The Kier molecular flexibility index (Phi) is 8.01. The molecule has 0 aliphatic heterocycles. The molecule has 1 N–H and O–H groups in total. The molecule has 2 aromatic heterocycles. The van der Waals surface area contributed by atoms with Crippen LogP contribution in [-0.2, 0) is 20.4 Å². The first kappa shape index (κ1) is 26.4. The summed E-state index contributed by atoms with van der Waals surface area (Å²) in [6.07, 6.45) is -2.98. The van der Waals surface area contributed by atoms with Gasteiger partial charge in [0.05, 0.1) is 36.4 Å². The number of halogens is 3. The molecule has 0 aliphatic rings. The third-order valence-corrected chi connectivity index (χ3v) is 5.31. The SMILES string of the molecule is COCCN(CCOC)c1ccc2nc(-c3ccc(C(F)(F)F)c(NC(=O)C(C)(C)C)c3)cn2n1. The van der Waals surface area contributed by atoms with Crippen LogP contribution in [-0.4, -0.2) is 61.0 Å². The molecular weight excluding hydrogens is 463 g/mol. The summed E-state index contributed by atoms with van der Waals surface area (Å²) in [5, 5.41) is 7.03. The van der Waals surface area contributed by atoms with Gasteiger partial charge < -0.3 is 19.7 Å². The molecule has 0 fully saturated rings. The second-order valence-corrected chi connectivity index (χ2v) is 9.06. The Morgan fingerprint density at radius 3 is 2.29 bits per heavy atom. The first-order valence-electron chi connectivity index (χ1n) is 11.1. The van der Waals surface area contributed by atoms with Crippen molar-refractivity contribution in [2.75, 3.05) is 50.7 Å². The number of benzene rings is 1. The molecule has 0 bridgehead atoms. The van der Waals surface area contributed by atoms with E-state index in [-0.39, 0.29) is 5.69 Å². The van der Waals surface area contributed by atoms with Gasteiger partial charge in [0.1, 0.15) is 5.82 Å². The zero-order chi connectivity index (χ0) is 25.8. The fourth-order valence-electron chi connectivity index (χ4n) is 3.29. The van der Waals surface area contributed by atoms with Crippen molar-refractivity contribution in [2.24, 2.45) is 5.41 Å². The summed E-state index contributed by atoms with van der Waals surface area (Å²) in [5.74, 6) is 0.162. The van der Waals surface area contributed by atoms with Gasteiger partial charge in [-0.1, -0.05) is 26.8 Å². The largest absolute Gasteiger partial charge is 0.418 e. The highest BCUT2D eigenvalue weighted by Gasteiger charge is 2.35. The third kappa shape index (κ3) is 6.49. The maximum Gasteiger partial charge on any atom is 0.418 e. The first-order chi connectivity index (χ1) is 16.4. The van der Waals surface area contributed by atoms with E-state index in [9.17, 15) is 18.0 Å². The summed E-state index contributed by atoms with van der Waals surface area (Å²) in [4.78, 5) is 18.9. The van der Waals surface area contributed by atoms with Gasteiger partial charge in [-0.05, 0) is 24.3 Å². The van der Waals surface area contributed by atoms with Crippen molar-refractivity contribution >= 4 is 23.1 Å². The fourth-order valence-corrected chi connectivity index (χ4v) is 3.29. The monoisotopic (exact) mass is 493 g/mol. The summed E-state index contributed by atoms with van der Waals surface area (Å²) in [6.45, 7) is 7.12. The summed E-state index contributed by atoms with van der Waals surface area (Å²) in [5.41, 5.74) is -0.720. The van der Waals surface area contributed by atoms with Gasteiger partial charge in [-0.15, -0.1) is 5.10 Å². The number of fused-ring (bicyclic) bond motifs is 1. The molecule has 0 spiro atoms. The second-order valence-electron chi connectivity index (χ2n) is 9.06. The number of anilines is 2. The average molecular weight is 494 g/mol. The van der Waals surface area contributed by atoms with Crippen LogP contribution in [0.3, 0.4) is 0 Å². The van der Waals surface area contributed by atoms with Crippen molar-refractivity contribution in [1.82, 2.24) is 14.6 Å². The Morgan fingerprint density at radius 1 is 1.06 bits per heavy atom. The maximum atomic E-state index is 13.6. The highest BCUT2D eigenvalue weighted by Crippen LogP contribution is 2.37. The van der Waals surface area contributed by atoms with E-state index < -0.39 is 23.1 Å². The molecule has 0 unspecified atom stereocenters. The molecule has 190 valence electrons. The lowest BCUT2D eigenvalue weighted by Crippen LogP contribution is -2.31. The molecule has 1 aromatic carbocycles. The van der Waals surface area contributed by atoms with Gasteiger partial charge in [-0.25, -0.2) is 9.50 Å². The van der Waals surface area contributed by atoms with E-state index >= 15 is 0 Å². The van der Waals surface area contributed by atoms with Gasteiger partial charge in [0, 0.05) is 38.3 Å². The van der Waals surface area contributed by atoms with Crippen LogP contribution in [0.4, 0.5) is 24.7 Å². The Bertz CT molecular complexity index is 1160. The number of nitrogens with zero attached hydrogens (tertiary/aromatic N) is 4. The van der Waals surface area contributed by atoms with E-state index in [0.717, 1.165) is 6.07 Å². The molecule has 0 radical (unpaired) electrons. The highest BCUT2D eigenvalue weighted by molar-refractivity contribution is 5.96. The number of hydrogen-bond acceptors (Lipinski definition) is 6. The Hall–Kier alpha value is -3.18. The molecule has 8 nitrogen and oxygen atoms in total. The average Bonchev–Trinajstić information content (AvgIpc) is 3.21. The van der Waals surface area contributed by atoms with Gasteiger partial charge in [0.25, 0.3) is 0 Å². The fraction of sp³-hybridized carbons (Fsp3) is 0.458. The molecule has 3 rings (SSSR count). The lowest BCUT2D eigenvalue weighted by Gasteiger charge is -2.22. The lowest BCUT2D eigenvalue weighted by molar-refractivity contribution is -0.137. The molecule has 0 aliphatic carbocycles. The quantitative estimate of drug-likeness (QED) is 0.473. The Labute approximate surface area is 202 Å². The molecule has 2 heterocycles. The predicted molar refractivity (Wildman–Crippen MR) is 127 cm³/mol. The number of hydrogen-bond donors (Lipinski definition) is 1. The van der Waals surface area contributed by atoms with E-state index in [1.807, 2.05) is 11.0 Å². The third-order valence-electron chi connectivity index (χ3n) is 5.31. The van der Waals surface area contributed by atoms with Crippen LogP contribution in [0.25, 0.3) is 16.9 Å². The van der Waals surface area contributed by atoms with Crippen LogP contribution in [0.2, 0.25) is 0 Å². The highest BCUT2D eigenvalue weighted by atomic mass is 19.4. The summed E-state index contributed by atoms with van der Waals surface area (Å²) < 4.78 is 52.7. The number of carbonyl (C=O) groups excluding carboxylic acids is 1. The van der Waals surface area contributed by atoms with E-state index in [4.69, 9.17) is 9.47 Å². The minimum absolute atomic E-state index is 0.314. The van der Waals surface area contributed by atoms with Crippen LogP contribution < -0.4 is 10.2 Å². The van der Waals surface area contributed by atoms with E-state index in [1.165, 1.54) is 12.1 Å². The molecule has 0 atom stereocenters. The van der Waals surface area contributed by atoms with Crippen molar-refractivity contribution in [2.45, 2.75) is 26.9 Å².